The highest BCUT2D eigenvalue weighted by Gasteiger charge is 2.21. The van der Waals surface area contributed by atoms with Crippen LogP contribution in [0.1, 0.15) is 129 Å². The van der Waals surface area contributed by atoms with Crippen molar-refractivity contribution in [3.8, 4) is 0 Å². The third-order valence-electron chi connectivity index (χ3n) is 6.33. The van der Waals surface area contributed by atoms with Crippen LogP contribution in [0.25, 0.3) is 0 Å². The number of amides is 1. The second-order valence-electron chi connectivity index (χ2n) is 9.25. The average Bonchev–Trinajstić information content (AvgIpc) is 2.75. The van der Waals surface area contributed by atoms with E-state index < -0.39 is 0 Å². The van der Waals surface area contributed by atoms with Crippen molar-refractivity contribution in [3.63, 3.8) is 0 Å². The number of hydrogen-bond donors (Lipinski definition) is 1. The van der Waals surface area contributed by atoms with Gasteiger partial charge >= 0.3 is 0 Å². The first-order chi connectivity index (χ1) is 15.2. The van der Waals surface area contributed by atoms with E-state index in [4.69, 9.17) is 5.73 Å². The maximum atomic E-state index is 11.8. The first-order valence-electron chi connectivity index (χ1n) is 13.4. The molecule has 0 rings (SSSR count). The molecule has 1 unspecified atom stereocenters. The van der Waals surface area contributed by atoms with Gasteiger partial charge in [-0.1, -0.05) is 135 Å². The standard InChI is InChI=1S/C28H54N2O/c1-4-7-8-9-10-11-12-13-14-15-16-17-18-19-20-21-22-23-24-27(28(29)31)30(25-5-2)26-6-3/h5-6,27H,2-4,7-26H2,1H3,(H2,29,31). The highest BCUT2D eigenvalue weighted by molar-refractivity contribution is 5.79. The van der Waals surface area contributed by atoms with Crippen LogP contribution in [0.2, 0.25) is 0 Å². The van der Waals surface area contributed by atoms with E-state index in [1.807, 2.05) is 12.2 Å². The van der Waals surface area contributed by atoms with Gasteiger partial charge in [-0.15, -0.1) is 13.2 Å². The van der Waals surface area contributed by atoms with Gasteiger partial charge in [0.05, 0.1) is 6.04 Å². The Morgan fingerprint density at radius 3 is 1.29 bits per heavy atom. The van der Waals surface area contributed by atoms with E-state index in [0.29, 0.717) is 13.1 Å². The average molecular weight is 435 g/mol. The molecule has 31 heavy (non-hydrogen) atoms. The summed E-state index contributed by atoms with van der Waals surface area (Å²) in [7, 11) is 0. The molecule has 0 bridgehead atoms. The summed E-state index contributed by atoms with van der Waals surface area (Å²) in [6.45, 7) is 11.2. The Labute approximate surface area is 194 Å². The molecular formula is C28H54N2O. The molecule has 0 fully saturated rings. The Morgan fingerprint density at radius 1 is 0.677 bits per heavy atom. The Morgan fingerprint density at radius 2 is 1.00 bits per heavy atom. The van der Waals surface area contributed by atoms with Crippen LogP contribution in [0.4, 0.5) is 0 Å². The van der Waals surface area contributed by atoms with E-state index in [9.17, 15) is 4.79 Å². The number of primary amides is 1. The van der Waals surface area contributed by atoms with Crippen molar-refractivity contribution in [1.29, 1.82) is 0 Å². The summed E-state index contributed by atoms with van der Waals surface area (Å²) >= 11 is 0. The molecule has 0 aromatic heterocycles. The number of nitrogens with zero attached hydrogens (tertiary/aromatic N) is 1. The summed E-state index contributed by atoms with van der Waals surface area (Å²) in [6, 6.07) is -0.197. The van der Waals surface area contributed by atoms with Crippen molar-refractivity contribution in [2.45, 2.75) is 135 Å². The second kappa shape index (κ2) is 23.6. The second-order valence-corrected chi connectivity index (χ2v) is 9.25. The van der Waals surface area contributed by atoms with Crippen molar-refractivity contribution in [3.05, 3.63) is 25.3 Å². The lowest BCUT2D eigenvalue weighted by atomic mass is 10.0. The lowest BCUT2D eigenvalue weighted by Crippen LogP contribution is -2.44. The monoisotopic (exact) mass is 434 g/mol. The first-order valence-corrected chi connectivity index (χ1v) is 13.4. The topological polar surface area (TPSA) is 46.3 Å². The molecule has 0 aliphatic rings. The normalized spacial score (nSPS) is 12.2. The smallest absolute Gasteiger partial charge is 0.234 e. The van der Waals surface area contributed by atoms with E-state index in [0.717, 1.165) is 12.8 Å². The van der Waals surface area contributed by atoms with Crippen molar-refractivity contribution < 1.29 is 4.79 Å². The van der Waals surface area contributed by atoms with E-state index in [2.05, 4.69) is 25.0 Å². The van der Waals surface area contributed by atoms with Gasteiger partial charge in [0.15, 0.2) is 0 Å². The molecule has 0 aliphatic carbocycles. The van der Waals surface area contributed by atoms with E-state index in [-0.39, 0.29) is 11.9 Å². The zero-order valence-corrected chi connectivity index (χ0v) is 20.9. The molecule has 0 aromatic rings. The van der Waals surface area contributed by atoms with Gasteiger partial charge in [-0.2, -0.15) is 0 Å². The summed E-state index contributed by atoms with van der Waals surface area (Å²) in [5, 5.41) is 0. The summed E-state index contributed by atoms with van der Waals surface area (Å²) in [5.74, 6) is -0.226. The van der Waals surface area contributed by atoms with Crippen LogP contribution in [0.15, 0.2) is 25.3 Å². The fourth-order valence-corrected chi connectivity index (χ4v) is 4.40. The number of carbonyl (C=O) groups is 1. The molecule has 1 amide bonds. The lowest BCUT2D eigenvalue weighted by Gasteiger charge is -2.27. The molecule has 0 saturated carbocycles. The van der Waals surface area contributed by atoms with Gasteiger partial charge < -0.3 is 5.73 Å². The minimum Gasteiger partial charge on any atom is -0.368 e. The van der Waals surface area contributed by atoms with Crippen LogP contribution >= 0.6 is 0 Å². The van der Waals surface area contributed by atoms with Crippen molar-refractivity contribution in [1.82, 2.24) is 4.90 Å². The fourth-order valence-electron chi connectivity index (χ4n) is 4.40. The van der Waals surface area contributed by atoms with Crippen LogP contribution in [-0.2, 0) is 4.79 Å². The third kappa shape index (κ3) is 19.3. The summed E-state index contributed by atoms with van der Waals surface area (Å²) < 4.78 is 0. The molecule has 3 nitrogen and oxygen atoms in total. The van der Waals surface area contributed by atoms with E-state index in [1.54, 1.807) is 0 Å². The summed E-state index contributed by atoms with van der Waals surface area (Å²) in [4.78, 5) is 13.9. The van der Waals surface area contributed by atoms with Crippen LogP contribution in [-0.4, -0.2) is 29.9 Å². The van der Waals surface area contributed by atoms with Gasteiger partial charge in [0, 0.05) is 13.1 Å². The van der Waals surface area contributed by atoms with Crippen LogP contribution < -0.4 is 5.73 Å². The first kappa shape index (κ1) is 29.9. The largest absolute Gasteiger partial charge is 0.368 e. The molecule has 0 aromatic carbocycles. The Bertz CT molecular complexity index is 411. The van der Waals surface area contributed by atoms with Crippen LogP contribution in [0, 0.1) is 0 Å². The van der Waals surface area contributed by atoms with Crippen LogP contribution in [0.5, 0.6) is 0 Å². The van der Waals surface area contributed by atoms with Crippen LogP contribution in [0.3, 0.4) is 0 Å². The molecule has 182 valence electrons. The predicted octanol–water partition coefficient (Wildman–Crippen LogP) is 7.95. The SMILES string of the molecule is C=CCN(CC=C)C(CCCCCCCCCCCCCCCCCCCC)C(N)=O. The molecule has 0 saturated heterocycles. The number of unbranched alkanes of at least 4 members (excludes halogenated alkanes) is 17. The Kier molecular flexibility index (Phi) is 22.7. The molecular weight excluding hydrogens is 380 g/mol. The van der Waals surface area contributed by atoms with Crippen molar-refractivity contribution >= 4 is 5.91 Å². The van der Waals surface area contributed by atoms with Gasteiger partial charge in [-0.25, -0.2) is 0 Å². The van der Waals surface area contributed by atoms with E-state index in [1.165, 1.54) is 109 Å². The van der Waals surface area contributed by atoms with Gasteiger partial charge in [0.2, 0.25) is 5.91 Å². The molecule has 1 atom stereocenters. The van der Waals surface area contributed by atoms with Gasteiger partial charge in [-0.05, 0) is 6.42 Å². The zero-order valence-electron chi connectivity index (χ0n) is 20.9. The van der Waals surface area contributed by atoms with Crippen molar-refractivity contribution in [2.24, 2.45) is 5.73 Å². The number of carbonyl (C=O) groups excluding carboxylic acids is 1. The quantitative estimate of drug-likeness (QED) is 0.117. The lowest BCUT2D eigenvalue weighted by molar-refractivity contribution is -0.123. The molecule has 2 N–H and O–H groups in total. The van der Waals surface area contributed by atoms with Gasteiger partial charge in [0.1, 0.15) is 0 Å². The minimum atomic E-state index is -0.226. The highest BCUT2D eigenvalue weighted by atomic mass is 16.1. The molecule has 0 heterocycles. The van der Waals surface area contributed by atoms with Crippen molar-refractivity contribution in [2.75, 3.05) is 13.1 Å². The molecule has 0 aliphatic heterocycles. The number of rotatable bonds is 25. The van der Waals surface area contributed by atoms with Gasteiger partial charge in [-0.3, -0.25) is 9.69 Å². The number of hydrogen-bond acceptors (Lipinski definition) is 2. The fraction of sp³-hybridized carbons (Fsp3) is 0.821. The highest BCUT2D eigenvalue weighted by Crippen LogP contribution is 2.16. The van der Waals surface area contributed by atoms with E-state index >= 15 is 0 Å². The molecule has 3 heteroatoms. The minimum absolute atomic E-state index is 0.197. The maximum Gasteiger partial charge on any atom is 0.234 e. The zero-order chi connectivity index (χ0) is 23.0. The Hall–Kier alpha value is -1.09. The predicted molar refractivity (Wildman–Crippen MR) is 138 cm³/mol. The summed E-state index contributed by atoms with van der Waals surface area (Å²) in [5.41, 5.74) is 5.63. The number of nitrogens with two attached hydrogens (primary N) is 1. The maximum absolute atomic E-state index is 11.8. The molecule has 0 spiro atoms. The summed E-state index contributed by atoms with van der Waals surface area (Å²) in [6.07, 6.45) is 29.2. The molecule has 0 radical (unpaired) electrons. The van der Waals surface area contributed by atoms with Gasteiger partial charge in [0.25, 0.3) is 0 Å². The third-order valence-corrected chi connectivity index (χ3v) is 6.33. The Balaban J connectivity index is 3.48.